The Balaban J connectivity index is 1.87. The van der Waals surface area contributed by atoms with Gasteiger partial charge in [0.2, 0.25) is 0 Å². The van der Waals surface area contributed by atoms with Crippen molar-refractivity contribution in [2.24, 2.45) is 0 Å². The summed E-state index contributed by atoms with van der Waals surface area (Å²) >= 11 is 0. The van der Waals surface area contributed by atoms with Gasteiger partial charge in [-0.15, -0.1) is 0 Å². The lowest BCUT2D eigenvalue weighted by Crippen LogP contribution is -2.18. The second kappa shape index (κ2) is 4.82. The van der Waals surface area contributed by atoms with Crippen LogP contribution in [0.25, 0.3) is 11.1 Å². The third kappa shape index (κ3) is 2.43. The van der Waals surface area contributed by atoms with Gasteiger partial charge < -0.3 is 5.11 Å². The highest BCUT2D eigenvalue weighted by atomic mass is 16.3. The smallest absolute Gasteiger partial charge is 0.0549 e. The van der Waals surface area contributed by atoms with E-state index in [0.717, 1.165) is 19.3 Å². The van der Waals surface area contributed by atoms with Gasteiger partial charge in [-0.3, -0.25) is 0 Å². The van der Waals surface area contributed by atoms with Gasteiger partial charge in [0.05, 0.1) is 6.10 Å². The zero-order valence-corrected chi connectivity index (χ0v) is 11.3. The van der Waals surface area contributed by atoms with E-state index in [2.05, 4.69) is 55.5 Å². The molecule has 1 heteroatoms. The van der Waals surface area contributed by atoms with E-state index in [1.807, 2.05) is 6.07 Å². The molecule has 1 saturated carbocycles. The lowest BCUT2D eigenvalue weighted by molar-refractivity contribution is 0.175. The Labute approximate surface area is 114 Å². The van der Waals surface area contributed by atoms with E-state index in [1.54, 1.807) is 0 Å². The van der Waals surface area contributed by atoms with Crippen molar-refractivity contribution >= 4 is 0 Å². The predicted molar refractivity (Wildman–Crippen MR) is 79.1 cm³/mol. The van der Waals surface area contributed by atoms with Gasteiger partial charge >= 0.3 is 0 Å². The molecule has 19 heavy (non-hydrogen) atoms. The molecule has 2 atom stereocenters. The highest BCUT2D eigenvalue weighted by Crippen LogP contribution is 2.41. The third-order valence-electron chi connectivity index (χ3n) is 4.40. The molecular weight excluding hydrogens is 232 g/mol. The van der Waals surface area contributed by atoms with Gasteiger partial charge in [0, 0.05) is 0 Å². The first kappa shape index (κ1) is 12.4. The largest absolute Gasteiger partial charge is 0.393 e. The molecule has 1 aliphatic carbocycles. The summed E-state index contributed by atoms with van der Waals surface area (Å²) in [5.74, 6) is 0. The van der Waals surface area contributed by atoms with E-state index < -0.39 is 0 Å². The molecule has 2 aromatic rings. The first-order valence-corrected chi connectivity index (χ1v) is 7.01. The standard InChI is InChI=1S/C18H20O/c1-18(12-11-17(19)13-18)16-9-7-15(8-10-16)14-5-3-2-4-6-14/h2-10,17,19H,11-13H2,1H3. The van der Waals surface area contributed by atoms with Crippen LogP contribution in [-0.4, -0.2) is 11.2 Å². The Morgan fingerprint density at radius 1 is 0.947 bits per heavy atom. The number of hydrogen-bond donors (Lipinski definition) is 1. The zero-order valence-electron chi connectivity index (χ0n) is 11.3. The van der Waals surface area contributed by atoms with E-state index in [-0.39, 0.29) is 11.5 Å². The van der Waals surface area contributed by atoms with E-state index in [4.69, 9.17) is 0 Å². The van der Waals surface area contributed by atoms with Crippen molar-refractivity contribution in [3.8, 4) is 11.1 Å². The Morgan fingerprint density at radius 2 is 1.58 bits per heavy atom. The highest BCUT2D eigenvalue weighted by molar-refractivity contribution is 5.63. The van der Waals surface area contributed by atoms with Crippen LogP contribution in [0.2, 0.25) is 0 Å². The number of benzene rings is 2. The molecule has 98 valence electrons. The SMILES string of the molecule is CC1(c2ccc(-c3ccccc3)cc2)CCC(O)C1. The minimum atomic E-state index is -0.126. The van der Waals surface area contributed by atoms with Gasteiger partial charge in [-0.2, -0.15) is 0 Å². The predicted octanol–water partition coefficient (Wildman–Crippen LogP) is 4.16. The van der Waals surface area contributed by atoms with E-state index >= 15 is 0 Å². The fourth-order valence-corrected chi connectivity index (χ4v) is 3.17. The topological polar surface area (TPSA) is 20.2 Å². The Hall–Kier alpha value is -1.60. The maximum absolute atomic E-state index is 9.76. The molecule has 0 aliphatic heterocycles. The Morgan fingerprint density at radius 3 is 2.16 bits per heavy atom. The monoisotopic (exact) mass is 252 g/mol. The minimum absolute atomic E-state index is 0.126. The van der Waals surface area contributed by atoms with Crippen LogP contribution >= 0.6 is 0 Å². The molecular formula is C18H20O. The summed E-state index contributed by atoms with van der Waals surface area (Å²) in [6.45, 7) is 2.26. The summed E-state index contributed by atoms with van der Waals surface area (Å²) < 4.78 is 0. The van der Waals surface area contributed by atoms with Gasteiger partial charge in [0.25, 0.3) is 0 Å². The zero-order chi connectivity index (χ0) is 13.3. The molecule has 0 bridgehead atoms. The molecule has 1 nitrogen and oxygen atoms in total. The summed E-state index contributed by atoms with van der Waals surface area (Å²) in [6.07, 6.45) is 2.77. The van der Waals surface area contributed by atoms with Crippen molar-refractivity contribution in [1.29, 1.82) is 0 Å². The highest BCUT2D eigenvalue weighted by Gasteiger charge is 2.35. The first-order chi connectivity index (χ1) is 9.17. The second-order valence-electron chi connectivity index (χ2n) is 5.90. The average molecular weight is 252 g/mol. The van der Waals surface area contributed by atoms with Crippen LogP contribution in [0.1, 0.15) is 31.7 Å². The van der Waals surface area contributed by atoms with Crippen LogP contribution in [0.15, 0.2) is 54.6 Å². The number of hydrogen-bond acceptors (Lipinski definition) is 1. The van der Waals surface area contributed by atoms with Gasteiger partial charge in [0.1, 0.15) is 0 Å². The van der Waals surface area contributed by atoms with E-state index in [1.165, 1.54) is 16.7 Å². The van der Waals surface area contributed by atoms with Crippen LogP contribution in [0, 0.1) is 0 Å². The normalized spacial score (nSPS) is 26.5. The van der Waals surface area contributed by atoms with Gasteiger partial charge in [-0.1, -0.05) is 61.5 Å². The van der Waals surface area contributed by atoms with E-state index in [9.17, 15) is 5.11 Å². The Kier molecular flexibility index (Phi) is 3.16. The molecule has 0 heterocycles. The molecule has 1 aliphatic rings. The Bertz CT molecular complexity index is 544. The molecule has 2 unspecified atom stereocenters. The summed E-state index contributed by atoms with van der Waals surface area (Å²) in [7, 11) is 0. The quantitative estimate of drug-likeness (QED) is 0.851. The lowest BCUT2D eigenvalue weighted by atomic mass is 9.80. The lowest BCUT2D eigenvalue weighted by Gasteiger charge is -2.24. The van der Waals surface area contributed by atoms with Crippen LogP contribution in [-0.2, 0) is 5.41 Å². The van der Waals surface area contributed by atoms with Gasteiger partial charge in [-0.05, 0) is 41.4 Å². The molecule has 0 radical (unpaired) electrons. The van der Waals surface area contributed by atoms with Gasteiger partial charge in [0.15, 0.2) is 0 Å². The van der Waals surface area contributed by atoms with Crippen molar-refractivity contribution in [3.05, 3.63) is 60.2 Å². The molecule has 0 spiro atoms. The van der Waals surface area contributed by atoms with Crippen molar-refractivity contribution in [2.75, 3.05) is 0 Å². The summed E-state index contributed by atoms with van der Waals surface area (Å²) in [6, 6.07) is 19.3. The van der Waals surface area contributed by atoms with E-state index in [0.29, 0.717) is 0 Å². The number of rotatable bonds is 2. The molecule has 3 rings (SSSR count). The fourth-order valence-electron chi connectivity index (χ4n) is 3.17. The van der Waals surface area contributed by atoms with Crippen LogP contribution < -0.4 is 0 Å². The molecule has 1 fully saturated rings. The summed E-state index contributed by atoms with van der Waals surface area (Å²) in [4.78, 5) is 0. The van der Waals surface area contributed by atoms with Crippen molar-refractivity contribution in [1.82, 2.24) is 0 Å². The molecule has 2 aromatic carbocycles. The van der Waals surface area contributed by atoms with Crippen molar-refractivity contribution in [2.45, 2.75) is 37.7 Å². The first-order valence-electron chi connectivity index (χ1n) is 7.01. The fraction of sp³-hybridized carbons (Fsp3) is 0.333. The van der Waals surface area contributed by atoms with Crippen LogP contribution in [0.4, 0.5) is 0 Å². The second-order valence-corrected chi connectivity index (χ2v) is 5.90. The molecule has 0 aromatic heterocycles. The number of aliphatic hydroxyl groups is 1. The summed E-state index contributed by atoms with van der Waals surface area (Å²) in [5.41, 5.74) is 4.01. The third-order valence-corrected chi connectivity index (χ3v) is 4.40. The number of aliphatic hydroxyl groups excluding tert-OH is 1. The minimum Gasteiger partial charge on any atom is -0.393 e. The maximum Gasteiger partial charge on any atom is 0.0549 e. The van der Waals surface area contributed by atoms with Crippen LogP contribution in [0.3, 0.4) is 0 Å². The summed E-state index contributed by atoms with van der Waals surface area (Å²) in [5, 5.41) is 9.76. The molecule has 0 amide bonds. The maximum atomic E-state index is 9.76. The molecule has 0 saturated heterocycles. The van der Waals surface area contributed by atoms with Gasteiger partial charge in [-0.25, -0.2) is 0 Å². The van der Waals surface area contributed by atoms with Crippen molar-refractivity contribution in [3.63, 3.8) is 0 Å². The average Bonchev–Trinajstić information content (AvgIpc) is 2.81. The molecule has 1 N–H and O–H groups in total. The van der Waals surface area contributed by atoms with Crippen molar-refractivity contribution < 1.29 is 5.11 Å². The van der Waals surface area contributed by atoms with Crippen LogP contribution in [0.5, 0.6) is 0 Å².